The highest BCUT2D eigenvalue weighted by Crippen LogP contribution is 2.26. The van der Waals surface area contributed by atoms with E-state index in [1.807, 2.05) is 0 Å². The molecule has 0 spiro atoms. The number of halogens is 2. The number of carbonyl (C=O) groups excluding carboxylic acids is 1. The third-order valence-corrected chi connectivity index (χ3v) is 4.36. The second-order valence-corrected chi connectivity index (χ2v) is 6.25. The molecule has 144 valence electrons. The van der Waals surface area contributed by atoms with Gasteiger partial charge in [0.1, 0.15) is 0 Å². The molecule has 8 heteroatoms. The molecule has 29 heavy (non-hydrogen) atoms. The number of para-hydroxylation sites is 1. The monoisotopic (exact) mass is 392 g/mol. The minimum atomic E-state index is -2.63. The average molecular weight is 392 g/mol. The maximum Gasteiger partial charge on any atom is 0.263 e. The van der Waals surface area contributed by atoms with Gasteiger partial charge in [-0.3, -0.25) is 14.6 Å². The molecule has 2 heterocycles. The molecular formula is C21H14F2N4O2. The molecule has 2 aromatic heterocycles. The summed E-state index contributed by atoms with van der Waals surface area (Å²) in [5, 5.41) is 2.93. The highest BCUT2D eigenvalue weighted by Gasteiger charge is 2.15. The highest BCUT2D eigenvalue weighted by atomic mass is 19.3. The van der Waals surface area contributed by atoms with Crippen LogP contribution in [0.4, 0.5) is 14.6 Å². The minimum Gasteiger partial charge on any atom is -0.354 e. The maximum absolute atomic E-state index is 13.0. The molecule has 0 atom stereocenters. The van der Waals surface area contributed by atoms with Gasteiger partial charge in [0.2, 0.25) is 0 Å². The molecule has 6 nitrogen and oxygen atoms in total. The van der Waals surface area contributed by atoms with Gasteiger partial charge in [0.05, 0.1) is 17.3 Å². The van der Waals surface area contributed by atoms with Gasteiger partial charge in [-0.25, -0.2) is 13.8 Å². The van der Waals surface area contributed by atoms with Gasteiger partial charge in [-0.2, -0.15) is 0 Å². The highest BCUT2D eigenvalue weighted by molar-refractivity contribution is 6.11. The lowest BCUT2D eigenvalue weighted by Gasteiger charge is -2.10. The summed E-state index contributed by atoms with van der Waals surface area (Å²) in [6.45, 7) is 0. The van der Waals surface area contributed by atoms with Gasteiger partial charge in [-0.1, -0.05) is 24.3 Å². The lowest BCUT2D eigenvalue weighted by molar-refractivity contribution is 0.102. The number of benzene rings is 2. The fourth-order valence-corrected chi connectivity index (χ4v) is 3.01. The van der Waals surface area contributed by atoms with Crippen LogP contribution in [-0.2, 0) is 0 Å². The van der Waals surface area contributed by atoms with Crippen LogP contribution in [0.2, 0.25) is 0 Å². The van der Waals surface area contributed by atoms with Crippen molar-refractivity contribution < 1.29 is 13.6 Å². The molecule has 4 rings (SSSR count). The van der Waals surface area contributed by atoms with E-state index in [9.17, 15) is 18.4 Å². The molecule has 0 aliphatic heterocycles. The molecule has 4 aromatic rings. The van der Waals surface area contributed by atoms with E-state index in [1.54, 1.807) is 24.3 Å². The van der Waals surface area contributed by atoms with Crippen molar-refractivity contribution in [2.45, 2.75) is 6.43 Å². The molecule has 0 radical (unpaired) electrons. The summed E-state index contributed by atoms with van der Waals surface area (Å²) in [5.41, 5.74) is 0.800. The van der Waals surface area contributed by atoms with E-state index in [0.717, 1.165) is 0 Å². The smallest absolute Gasteiger partial charge is 0.263 e. The van der Waals surface area contributed by atoms with Gasteiger partial charge in [0.25, 0.3) is 12.3 Å². The zero-order valence-corrected chi connectivity index (χ0v) is 14.9. The Labute approximate surface area is 163 Å². The molecule has 0 fully saturated rings. The zero-order chi connectivity index (χ0) is 20.4. The Kier molecular flexibility index (Phi) is 4.82. The Balaban J connectivity index is 1.82. The number of H-pyrrole nitrogens is 1. The van der Waals surface area contributed by atoms with Crippen molar-refractivity contribution >= 4 is 22.6 Å². The van der Waals surface area contributed by atoms with Crippen molar-refractivity contribution in [3.05, 3.63) is 88.5 Å². The second kappa shape index (κ2) is 7.59. The van der Waals surface area contributed by atoms with Crippen LogP contribution < -0.4 is 10.7 Å². The van der Waals surface area contributed by atoms with E-state index in [4.69, 9.17) is 0 Å². The number of fused-ring (bicyclic) bond motifs is 1. The van der Waals surface area contributed by atoms with E-state index >= 15 is 0 Å². The molecular weight excluding hydrogens is 378 g/mol. The number of nitrogens with one attached hydrogen (secondary N) is 2. The summed E-state index contributed by atoms with van der Waals surface area (Å²) in [5.74, 6) is -0.220. The van der Waals surface area contributed by atoms with Crippen molar-refractivity contribution in [1.29, 1.82) is 0 Å². The number of amides is 1. The molecule has 0 saturated heterocycles. The molecule has 0 saturated carbocycles. The average Bonchev–Trinajstić information content (AvgIpc) is 2.74. The SMILES string of the molecule is O=C(Nc1cnccn1)c1cccc2c(=O)cc(-c3cccc(C(F)F)c3)[nH]c12. The summed E-state index contributed by atoms with van der Waals surface area (Å²) in [4.78, 5) is 36.3. The minimum absolute atomic E-state index is 0.155. The first-order chi connectivity index (χ1) is 14.0. The Morgan fingerprint density at radius 2 is 1.90 bits per heavy atom. The van der Waals surface area contributed by atoms with Crippen molar-refractivity contribution in [2.24, 2.45) is 0 Å². The molecule has 0 unspecified atom stereocenters. The van der Waals surface area contributed by atoms with Gasteiger partial charge in [0.15, 0.2) is 11.2 Å². The lowest BCUT2D eigenvalue weighted by atomic mass is 10.0. The fourth-order valence-electron chi connectivity index (χ4n) is 3.01. The Morgan fingerprint density at radius 3 is 2.66 bits per heavy atom. The normalized spacial score (nSPS) is 11.0. The van der Waals surface area contributed by atoms with Gasteiger partial charge < -0.3 is 10.3 Å². The van der Waals surface area contributed by atoms with Gasteiger partial charge >= 0.3 is 0 Å². The van der Waals surface area contributed by atoms with Crippen LogP contribution in [0.25, 0.3) is 22.2 Å². The number of carbonyl (C=O) groups is 1. The number of pyridine rings is 1. The van der Waals surface area contributed by atoms with Crippen LogP contribution in [0, 0.1) is 0 Å². The standard InChI is InChI=1S/C21H14F2N4O2/c22-20(23)13-4-1-3-12(9-13)16-10-17(28)14-5-2-6-15(19(14)26-16)21(29)27-18-11-24-7-8-25-18/h1-11,20H,(H,26,28)(H,25,27,29). The summed E-state index contributed by atoms with van der Waals surface area (Å²) < 4.78 is 26.1. The van der Waals surface area contributed by atoms with E-state index < -0.39 is 12.3 Å². The molecule has 0 aliphatic carbocycles. The maximum atomic E-state index is 13.0. The van der Waals surface area contributed by atoms with Crippen LogP contribution in [0.15, 0.2) is 71.9 Å². The molecule has 2 aromatic carbocycles. The van der Waals surface area contributed by atoms with Crippen molar-refractivity contribution in [3.63, 3.8) is 0 Å². The van der Waals surface area contributed by atoms with E-state index in [2.05, 4.69) is 20.3 Å². The number of anilines is 1. The summed E-state index contributed by atoms with van der Waals surface area (Å²) in [6.07, 6.45) is 1.68. The molecule has 2 N–H and O–H groups in total. The van der Waals surface area contributed by atoms with Crippen molar-refractivity contribution in [2.75, 3.05) is 5.32 Å². The van der Waals surface area contributed by atoms with Crippen LogP contribution in [0.3, 0.4) is 0 Å². The first-order valence-corrected chi connectivity index (χ1v) is 8.65. The Hall–Kier alpha value is -3.94. The van der Waals surface area contributed by atoms with Crippen molar-refractivity contribution in [3.8, 4) is 11.3 Å². The van der Waals surface area contributed by atoms with Gasteiger partial charge in [-0.15, -0.1) is 0 Å². The zero-order valence-electron chi connectivity index (χ0n) is 14.9. The van der Waals surface area contributed by atoms with Crippen molar-refractivity contribution in [1.82, 2.24) is 15.0 Å². The predicted octanol–water partition coefficient (Wildman–Crippen LogP) is 4.18. The number of hydrogen-bond donors (Lipinski definition) is 2. The molecule has 0 bridgehead atoms. The quantitative estimate of drug-likeness (QED) is 0.546. The first-order valence-electron chi connectivity index (χ1n) is 8.65. The van der Waals surface area contributed by atoms with Crippen LogP contribution in [0.1, 0.15) is 22.3 Å². The van der Waals surface area contributed by atoms with E-state index in [1.165, 1.54) is 42.9 Å². The Bertz CT molecular complexity index is 1260. The topological polar surface area (TPSA) is 87.7 Å². The Morgan fingerprint density at radius 1 is 1.07 bits per heavy atom. The number of hydrogen-bond acceptors (Lipinski definition) is 4. The number of aromatic nitrogens is 3. The second-order valence-electron chi connectivity index (χ2n) is 6.25. The van der Waals surface area contributed by atoms with Crippen LogP contribution in [-0.4, -0.2) is 20.9 Å². The summed E-state index contributed by atoms with van der Waals surface area (Å²) in [7, 11) is 0. The van der Waals surface area contributed by atoms with Crippen LogP contribution >= 0.6 is 0 Å². The number of alkyl halides is 2. The third-order valence-electron chi connectivity index (χ3n) is 4.36. The van der Waals surface area contributed by atoms with E-state index in [0.29, 0.717) is 22.2 Å². The number of rotatable bonds is 4. The van der Waals surface area contributed by atoms with Crippen LogP contribution in [0.5, 0.6) is 0 Å². The van der Waals surface area contributed by atoms with Gasteiger partial charge in [-0.05, 0) is 23.8 Å². The molecule has 0 aliphatic rings. The largest absolute Gasteiger partial charge is 0.354 e. The number of nitrogens with zero attached hydrogens (tertiary/aromatic N) is 2. The fraction of sp³-hybridized carbons (Fsp3) is 0.0476. The lowest BCUT2D eigenvalue weighted by Crippen LogP contribution is -2.15. The molecule has 1 amide bonds. The number of aromatic amines is 1. The van der Waals surface area contributed by atoms with Gasteiger partial charge in [0, 0.05) is 35.1 Å². The predicted molar refractivity (Wildman–Crippen MR) is 105 cm³/mol. The third kappa shape index (κ3) is 3.73. The summed E-state index contributed by atoms with van der Waals surface area (Å²) >= 11 is 0. The summed E-state index contributed by atoms with van der Waals surface area (Å²) in [6, 6.07) is 11.8. The van der Waals surface area contributed by atoms with E-state index in [-0.39, 0.29) is 22.4 Å². The first kappa shape index (κ1) is 18.4.